The van der Waals surface area contributed by atoms with Crippen LogP contribution in [-0.2, 0) is 4.79 Å². The van der Waals surface area contributed by atoms with Crippen molar-refractivity contribution in [2.45, 2.75) is 52.9 Å². The van der Waals surface area contributed by atoms with Crippen molar-refractivity contribution in [3.8, 4) is 0 Å². The van der Waals surface area contributed by atoms with Gasteiger partial charge in [0.25, 0.3) is 0 Å². The SMILES string of the molecule is CCCC(C)CC(=O)C(C)CCCN. The molecule has 0 aliphatic carbocycles. The van der Waals surface area contributed by atoms with Crippen LogP contribution in [0.3, 0.4) is 0 Å². The van der Waals surface area contributed by atoms with Crippen LogP contribution in [-0.4, -0.2) is 12.3 Å². The summed E-state index contributed by atoms with van der Waals surface area (Å²) in [5, 5.41) is 0. The Morgan fingerprint density at radius 3 is 2.43 bits per heavy atom. The molecule has 0 saturated heterocycles. The Balaban J connectivity index is 3.71. The quantitative estimate of drug-likeness (QED) is 0.653. The van der Waals surface area contributed by atoms with Crippen molar-refractivity contribution in [1.29, 1.82) is 0 Å². The van der Waals surface area contributed by atoms with Crippen molar-refractivity contribution < 1.29 is 4.79 Å². The Morgan fingerprint density at radius 2 is 1.93 bits per heavy atom. The van der Waals surface area contributed by atoms with Crippen LogP contribution in [0.2, 0.25) is 0 Å². The monoisotopic (exact) mass is 199 g/mol. The summed E-state index contributed by atoms with van der Waals surface area (Å²) in [7, 11) is 0. The van der Waals surface area contributed by atoms with Crippen LogP contribution < -0.4 is 5.73 Å². The van der Waals surface area contributed by atoms with E-state index in [0.717, 1.165) is 25.7 Å². The third-order valence-corrected chi connectivity index (χ3v) is 2.72. The maximum absolute atomic E-state index is 11.7. The minimum atomic E-state index is 0.206. The molecule has 0 bridgehead atoms. The molecule has 0 aliphatic rings. The summed E-state index contributed by atoms with van der Waals surface area (Å²) in [5.74, 6) is 1.17. The maximum Gasteiger partial charge on any atom is 0.135 e. The van der Waals surface area contributed by atoms with Crippen LogP contribution >= 0.6 is 0 Å². The number of carbonyl (C=O) groups is 1. The highest BCUT2D eigenvalue weighted by Crippen LogP contribution is 2.16. The van der Waals surface area contributed by atoms with Crippen LogP contribution in [0.4, 0.5) is 0 Å². The van der Waals surface area contributed by atoms with Gasteiger partial charge in [0, 0.05) is 12.3 Å². The summed E-state index contributed by atoms with van der Waals surface area (Å²) in [4.78, 5) is 11.7. The van der Waals surface area contributed by atoms with E-state index in [4.69, 9.17) is 5.73 Å². The number of carbonyl (C=O) groups excluding carboxylic acids is 1. The number of hydrogen-bond donors (Lipinski definition) is 1. The molecule has 0 saturated carbocycles. The van der Waals surface area contributed by atoms with Crippen molar-refractivity contribution >= 4 is 5.78 Å². The molecular formula is C12H25NO. The van der Waals surface area contributed by atoms with E-state index in [-0.39, 0.29) is 5.92 Å². The Bertz CT molecular complexity index is 156. The van der Waals surface area contributed by atoms with Crippen molar-refractivity contribution in [2.75, 3.05) is 6.54 Å². The van der Waals surface area contributed by atoms with Gasteiger partial charge in [0.1, 0.15) is 5.78 Å². The maximum atomic E-state index is 11.7. The van der Waals surface area contributed by atoms with Crippen molar-refractivity contribution in [3.63, 3.8) is 0 Å². The Kier molecular flexibility index (Phi) is 7.77. The van der Waals surface area contributed by atoms with Crippen LogP contribution in [0, 0.1) is 11.8 Å². The van der Waals surface area contributed by atoms with E-state index >= 15 is 0 Å². The van der Waals surface area contributed by atoms with Gasteiger partial charge in [-0.25, -0.2) is 0 Å². The summed E-state index contributed by atoms with van der Waals surface area (Å²) in [5.41, 5.74) is 5.41. The second-order valence-corrected chi connectivity index (χ2v) is 4.40. The van der Waals surface area contributed by atoms with Crippen molar-refractivity contribution in [3.05, 3.63) is 0 Å². The molecule has 2 heteroatoms. The first-order chi connectivity index (χ1) is 6.61. The fourth-order valence-electron chi connectivity index (χ4n) is 1.72. The second kappa shape index (κ2) is 7.98. The van der Waals surface area contributed by atoms with E-state index in [9.17, 15) is 4.79 Å². The van der Waals surface area contributed by atoms with Gasteiger partial charge in [-0.2, -0.15) is 0 Å². The number of rotatable bonds is 8. The van der Waals surface area contributed by atoms with Crippen LogP contribution in [0.5, 0.6) is 0 Å². The van der Waals surface area contributed by atoms with Crippen molar-refractivity contribution in [1.82, 2.24) is 0 Å². The molecule has 0 amide bonds. The highest BCUT2D eigenvalue weighted by atomic mass is 16.1. The predicted molar refractivity (Wildman–Crippen MR) is 61.1 cm³/mol. The summed E-state index contributed by atoms with van der Waals surface area (Å²) < 4.78 is 0. The lowest BCUT2D eigenvalue weighted by molar-refractivity contribution is -0.123. The average Bonchev–Trinajstić information content (AvgIpc) is 2.14. The van der Waals surface area contributed by atoms with Crippen LogP contribution in [0.25, 0.3) is 0 Å². The number of hydrogen-bond acceptors (Lipinski definition) is 2. The second-order valence-electron chi connectivity index (χ2n) is 4.40. The van der Waals surface area contributed by atoms with Gasteiger partial charge >= 0.3 is 0 Å². The Hall–Kier alpha value is -0.370. The largest absolute Gasteiger partial charge is 0.330 e. The Labute approximate surface area is 88.3 Å². The minimum Gasteiger partial charge on any atom is -0.330 e. The summed E-state index contributed by atoms with van der Waals surface area (Å²) in [6, 6.07) is 0. The van der Waals surface area contributed by atoms with Gasteiger partial charge in [0.15, 0.2) is 0 Å². The van der Waals surface area contributed by atoms with E-state index in [2.05, 4.69) is 13.8 Å². The topological polar surface area (TPSA) is 43.1 Å². The lowest BCUT2D eigenvalue weighted by atomic mass is 9.91. The molecule has 0 aromatic heterocycles. The number of Topliss-reactive ketones (excluding diaryl/α,β-unsaturated/α-hetero) is 1. The van der Waals surface area contributed by atoms with Gasteiger partial charge in [0.05, 0.1) is 0 Å². The fourth-order valence-corrected chi connectivity index (χ4v) is 1.72. The van der Waals surface area contributed by atoms with Crippen LogP contribution in [0.1, 0.15) is 52.9 Å². The van der Waals surface area contributed by atoms with Crippen LogP contribution in [0.15, 0.2) is 0 Å². The predicted octanol–water partition coefficient (Wildman–Crippen LogP) is 2.76. The highest BCUT2D eigenvalue weighted by molar-refractivity contribution is 5.80. The van der Waals surface area contributed by atoms with Gasteiger partial charge in [-0.3, -0.25) is 4.79 Å². The van der Waals surface area contributed by atoms with E-state index < -0.39 is 0 Å². The molecule has 0 fully saturated rings. The molecule has 0 aromatic rings. The van der Waals surface area contributed by atoms with Gasteiger partial charge < -0.3 is 5.73 Å². The molecule has 0 heterocycles. The normalized spacial score (nSPS) is 15.1. The average molecular weight is 199 g/mol. The molecule has 0 aromatic carbocycles. The van der Waals surface area contributed by atoms with Crippen molar-refractivity contribution in [2.24, 2.45) is 17.6 Å². The molecule has 2 N–H and O–H groups in total. The minimum absolute atomic E-state index is 0.206. The molecular weight excluding hydrogens is 174 g/mol. The first-order valence-corrected chi connectivity index (χ1v) is 5.84. The van der Waals surface area contributed by atoms with Gasteiger partial charge in [-0.05, 0) is 25.3 Å². The first-order valence-electron chi connectivity index (χ1n) is 5.84. The zero-order valence-corrected chi connectivity index (χ0v) is 9.88. The Morgan fingerprint density at radius 1 is 1.29 bits per heavy atom. The standard InChI is InChI=1S/C12H25NO/c1-4-6-10(2)9-12(14)11(3)7-5-8-13/h10-11H,4-9,13H2,1-3H3. The smallest absolute Gasteiger partial charge is 0.135 e. The molecule has 2 unspecified atom stereocenters. The summed E-state index contributed by atoms with van der Waals surface area (Å²) in [6.45, 7) is 7.05. The fraction of sp³-hybridized carbons (Fsp3) is 0.917. The molecule has 2 atom stereocenters. The molecule has 0 rings (SSSR count). The lowest BCUT2D eigenvalue weighted by Gasteiger charge is -2.13. The van der Waals surface area contributed by atoms with Gasteiger partial charge in [-0.1, -0.05) is 33.6 Å². The van der Waals surface area contributed by atoms with Gasteiger partial charge in [0.2, 0.25) is 0 Å². The molecule has 0 spiro atoms. The number of ketones is 1. The van der Waals surface area contributed by atoms with E-state index in [1.807, 2.05) is 6.92 Å². The molecule has 84 valence electrons. The lowest BCUT2D eigenvalue weighted by Crippen LogP contribution is -2.15. The third-order valence-electron chi connectivity index (χ3n) is 2.72. The van der Waals surface area contributed by atoms with E-state index in [1.54, 1.807) is 0 Å². The third kappa shape index (κ3) is 6.14. The van der Waals surface area contributed by atoms with E-state index in [0.29, 0.717) is 18.2 Å². The highest BCUT2D eigenvalue weighted by Gasteiger charge is 2.14. The first kappa shape index (κ1) is 13.6. The van der Waals surface area contributed by atoms with E-state index in [1.165, 1.54) is 6.42 Å². The molecule has 2 nitrogen and oxygen atoms in total. The molecule has 0 radical (unpaired) electrons. The molecule has 0 aliphatic heterocycles. The summed E-state index contributed by atoms with van der Waals surface area (Å²) >= 11 is 0. The summed E-state index contributed by atoms with van der Waals surface area (Å²) in [6.07, 6.45) is 5.00. The zero-order valence-electron chi connectivity index (χ0n) is 9.88. The van der Waals surface area contributed by atoms with Gasteiger partial charge in [-0.15, -0.1) is 0 Å². The molecule has 14 heavy (non-hydrogen) atoms. The zero-order chi connectivity index (χ0) is 11.0. The number of nitrogens with two attached hydrogens (primary N) is 1.